The summed E-state index contributed by atoms with van der Waals surface area (Å²) in [6.07, 6.45) is 5.80. The summed E-state index contributed by atoms with van der Waals surface area (Å²) in [5, 5.41) is 0.641. The van der Waals surface area contributed by atoms with Gasteiger partial charge in [-0.1, -0.05) is 18.2 Å². The van der Waals surface area contributed by atoms with Crippen LogP contribution in [-0.4, -0.2) is 13.0 Å². The molecule has 0 spiro atoms. The zero-order chi connectivity index (χ0) is 13.3. The van der Waals surface area contributed by atoms with E-state index in [4.69, 9.17) is 17.1 Å². The molecule has 2 aromatic rings. The first-order valence-electron chi connectivity index (χ1n) is 5.42. The number of halogens is 1. The van der Waals surface area contributed by atoms with E-state index >= 15 is 0 Å². The van der Waals surface area contributed by atoms with Crippen LogP contribution in [0.2, 0.25) is 0 Å². The highest BCUT2D eigenvalue weighted by Gasteiger charge is 2.22. The molecule has 0 saturated carbocycles. The Labute approximate surface area is 111 Å². The number of fused-ring (bicyclic) bond motifs is 1. The summed E-state index contributed by atoms with van der Waals surface area (Å²) >= 11 is 0. The minimum absolute atomic E-state index is 0.178. The third-order valence-electron chi connectivity index (χ3n) is 2.90. The molecular weight excluding hydrogens is 270 g/mol. The van der Waals surface area contributed by atoms with E-state index in [1.165, 1.54) is 0 Å². The lowest BCUT2D eigenvalue weighted by molar-refractivity contribution is 0.608. The van der Waals surface area contributed by atoms with Gasteiger partial charge in [-0.3, -0.25) is 0 Å². The smallest absolute Gasteiger partial charge is 0.263 e. The summed E-state index contributed by atoms with van der Waals surface area (Å²) in [6, 6.07) is 7.27. The Bertz CT molecular complexity index is 738. The van der Waals surface area contributed by atoms with Gasteiger partial charge in [-0.2, -0.15) is 0 Å². The molecule has 94 valence electrons. The number of rotatable bonds is 3. The van der Waals surface area contributed by atoms with Crippen molar-refractivity contribution in [2.24, 2.45) is 0 Å². The Kier molecular flexibility index (Phi) is 3.38. The molecule has 0 N–H and O–H groups in total. The van der Waals surface area contributed by atoms with Gasteiger partial charge in [0.15, 0.2) is 0 Å². The van der Waals surface area contributed by atoms with Crippen LogP contribution in [0.1, 0.15) is 12.1 Å². The quantitative estimate of drug-likeness (QED) is 0.641. The minimum Gasteiger partial charge on any atom is -0.343 e. The summed E-state index contributed by atoms with van der Waals surface area (Å²) in [6.45, 7) is 2.32. The van der Waals surface area contributed by atoms with E-state index in [0.29, 0.717) is 24.0 Å². The molecule has 3 nitrogen and oxygen atoms in total. The fourth-order valence-electron chi connectivity index (χ4n) is 2.17. The predicted molar refractivity (Wildman–Crippen MR) is 73.2 cm³/mol. The molecule has 0 bridgehead atoms. The third kappa shape index (κ3) is 2.12. The maximum Gasteiger partial charge on any atom is 0.263 e. The first-order chi connectivity index (χ1) is 8.46. The van der Waals surface area contributed by atoms with Gasteiger partial charge in [0.1, 0.15) is 4.90 Å². The largest absolute Gasteiger partial charge is 0.343 e. The summed E-state index contributed by atoms with van der Waals surface area (Å²) in [4.78, 5) is 0.178. The molecule has 1 aromatic carbocycles. The highest BCUT2D eigenvalue weighted by atomic mass is 35.7. The van der Waals surface area contributed by atoms with Gasteiger partial charge in [-0.15, -0.1) is 12.3 Å². The second-order valence-electron chi connectivity index (χ2n) is 3.98. The van der Waals surface area contributed by atoms with Crippen molar-refractivity contribution in [2.45, 2.75) is 24.8 Å². The molecule has 0 unspecified atom stereocenters. The average Bonchev–Trinajstić information content (AvgIpc) is 2.58. The van der Waals surface area contributed by atoms with Crippen LogP contribution in [0.3, 0.4) is 0 Å². The predicted octanol–water partition coefficient (Wildman–Crippen LogP) is 2.90. The van der Waals surface area contributed by atoms with E-state index in [-0.39, 0.29) is 4.90 Å². The normalized spacial score (nSPS) is 11.6. The van der Waals surface area contributed by atoms with Crippen molar-refractivity contribution in [3.63, 3.8) is 0 Å². The number of hydrogen-bond acceptors (Lipinski definition) is 2. The summed E-state index contributed by atoms with van der Waals surface area (Å²) < 4.78 is 25.2. The second-order valence-corrected chi connectivity index (χ2v) is 6.48. The van der Waals surface area contributed by atoms with Crippen LogP contribution in [-0.2, 0) is 15.6 Å². The van der Waals surface area contributed by atoms with Crippen molar-refractivity contribution in [2.75, 3.05) is 0 Å². The fourth-order valence-corrected chi connectivity index (χ4v) is 3.65. The highest BCUT2D eigenvalue weighted by molar-refractivity contribution is 8.14. The van der Waals surface area contributed by atoms with Crippen molar-refractivity contribution in [1.82, 2.24) is 4.57 Å². The Morgan fingerprint density at radius 3 is 2.67 bits per heavy atom. The van der Waals surface area contributed by atoms with Crippen molar-refractivity contribution in [3.8, 4) is 12.3 Å². The maximum absolute atomic E-state index is 11.7. The second kappa shape index (κ2) is 4.68. The topological polar surface area (TPSA) is 39.1 Å². The maximum atomic E-state index is 11.7. The van der Waals surface area contributed by atoms with Gasteiger partial charge in [-0.25, -0.2) is 8.42 Å². The summed E-state index contributed by atoms with van der Waals surface area (Å²) in [5.41, 5.74) is 1.46. The van der Waals surface area contributed by atoms with Crippen LogP contribution >= 0.6 is 10.7 Å². The Morgan fingerprint density at radius 1 is 1.39 bits per heavy atom. The number of para-hydroxylation sites is 1. The molecule has 0 fully saturated rings. The SMILES string of the molecule is C#CCCn1c(C)c(S(=O)(=O)Cl)c2ccccc21. The lowest BCUT2D eigenvalue weighted by Crippen LogP contribution is -2.01. The molecule has 5 heteroatoms. The van der Waals surface area contributed by atoms with Crippen LogP contribution in [0.15, 0.2) is 29.2 Å². The van der Waals surface area contributed by atoms with Crippen LogP contribution in [0.5, 0.6) is 0 Å². The van der Waals surface area contributed by atoms with Crippen LogP contribution in [0.25, 0.3) is 10.9 Å². The minimum atomic E-state index is -3.76. The van der Waals surface area contributed by atoms with Gasteiger partial charge in [0.05, 0.1) is 0 Å². The van der Waals surface area contributed by atoms with E-state index in [2.05, 4.69) is 5.92 Å². The van der Waals surface area contributed by atoms with Gasteiger partial charge in [0, 0.05) is 40.2 Å². The van der Waals surface area contributed by atoms with Gasteiger partial charge in [-0.05, 0) is 13.0 Å². The van der Waals surface area contributed by atoms with Crippen LogP contribution in [0, 0.1) is 19.3 Å². The van der Waals surface area contributed by atoms with Crippen molar-refractivity contribution in [3.05, 3.63) is 30.0 Å². The molecule has 0 amide bonds. The average molecular weight is 282 g/mol. The molecule has 0 saturated heterocycles. The number of aryl methyl sites for hydroxylation is 1. The molecule has 2 rings (SSSR count). The molecule has 0 radical (unpaired) electrons. The van der Waals surface area contributed by atoms with Gasteiger partial charge in [0.25, 0.3) is 9.05 Å². The van der Waals surface area contributed by atoms with Gasteiger partial charge < -0.3 is 4.57 Å². The number of aromatic nitrogens is 1. The molecule has 18 heavy (non-hydrogen) atoms. The zero-order valence-corrected chi connectivity index (χ0v) is 11.4. The molecular formula is C13H12ClNO2S. The molecule has 0 aliphatic rings. The molecule has 1 aromatic heterocycles. The van der Waals surface area contributed by atoms with E-state index < -0.39 is 9.05 Å². The Hall–Kier alpha value is -1.44. The number of benzene rings is 1. The fraction of sp³-hybridized carbons (Fsp3) is 0.231. The Balaban J connectivity index is 2.81. The van der Waals surface area contributed by atoms with Gasteiger partial charge in [0.2, 0.25) is 0 Å². The molecule has 1 heterocycles. The number of nitrogens with zero attached hydrogens (tertiary/aromatic N) is 1. The zero-order valence-electron chi connectivity index (χ0n) is 9.85. The Morgan fingerprint density at radius 2 is 2.06 bits per heavy atom. The highest BCUT2D eigenvalue weighted by Crippen LogP contribution is 2.31. The van der Waals surface area contributed by atoms with Gasteiger partial charge >= 0.3 is 0 Å². The number of terminal acetylenes is 1. The third-order valence-corrected chi connectivity index (χ3v) is 4.36. The van der Waals surface area contributed by atoms with Crippen molar-refractivity contribution < 1.29 is 8.42 Å². The first kappa shape index (κ1) is 13.0. The monoisotopic (exact) mass is 281 g/mol. The van der Waals surface area contributed by atoms with E-state index in [1.807, 2.05) is 16.7 Å². The molecule has 0 atom stereocenters. The summed E-state index contributed by atoms with van der Waals surface area (Å²) in [5.74, 6) is 2.55. The summed E-state index contributed by atoms with van der Waals surface area (Å²) in [7, 11) is 1.74. The lowest BCUT2D eigenvalue weighted by Gasteiger charge is -2.05. The standard InChI is InChI=1S/C13H12ClNO2S/c1-3-4-9-15-10(2)13(18(14,16)17)11-7-5-6-8-12(11)15/h1,5-8H,4,9H2,2H3. The number of hydrogen-bond donors (Lipinski definition) is 0. The lowest BCUT2D eigenvalue weighted by atomic mass is 10.2. The van der Waals surface area contributed by atoms with E-state index in [0.717, 1.165) is 5.52 Å². The van der Waals surface area contributed by atoms with E-state index in [1.54, 1.807) is 19.1 Å². The van der Waals surface area contributed by atoms with E-state index in [9.17, 15) is 8.42 Å². The molecule has 0 aliphatic carbocycles. The molecule has 0 aliphatic heterocycles. The van der Waals surface area contributed by atoms with Crippen LogP contribution in [0.4, 0.5) is 0 Å². The van der Waals surface area contributed by atoms with Crippen molar-refractivity contribution >= 4 is 30.6 Å². The van der Waals surface area contributed by atoms with Crippen LogP contribution < -0.4 is 0 Å². The van der Waals surface area contributed by atoms with Crippen molar-refractivity contribution in [1.29, 1.82) is 0 Å². The first-order valence-corrected chi connectivity index (χ1v) is 7.73.